The molecule has 0 aliphatic rings. The molecule has 3 heterocycles. The zero-order chi connectivity index (χ0) is 31.8. The third kappa shape index (κ3) is 4.01. The highest BCUT2D eigenvalue weighted by molar-refractivity contribution is 6.25. The van der Waals surface area contributed by atoms with Gasteiger partial charge in [-0.25, -0.2) is 9.78 Å². The van der Waals surface area contributed by atoms with Gasteiger partial charge >= 0.3 is 5.69 Å². The molecule has 0 aliphatic heterocycles. The van der Waals surface area contributed by atoms with Crippen molar-refractivity contribution in [3.05, 3.63) is 162 Å². The molecule has 10 aromatic rings. The van der Waals surface area contributed by atoms with E-state index in [1.165, 1.54) is 36.7 Å². The summed E-state index contributed by atoms with van der Waals surface area (Å²) < 4.78 is 7.88. The van der Waals surface area contributed by atoms with E-state index in [2.05, 4.69) is 101 Å². The Morgan fingerprint density at radius 1 is 0.458 bits per heavy atom. The quantitative estimate of drug-likeness (QED) is 0.186. The number of benzene rings is 7. The molecule has 3 aromatic heterocycles. The van der Waals surface area contributed by atoms with E-state index in [-0.39, 0.29) is 5.69 Å². The molecule has 48 heavy (non-hydrogen) atoms. The fourth-order valence-corrected chi connectivity index (χ4v) is 7.22. The lowest BCUT2D eigenvalue weighted by molar-refractivity contribution is 0.669. The zero-order valence-corrected chi connectivity index (χ0v) is 25.6. The van der Waals surface area contributed by atoms with Gasteiger partial charge in [-0.1, -0.05) is 109 Å². The largest absolute Gasteiger partial charge is 0.456 e. The molecule has 0 amide bonds. The molecule has 0 fully saturated rings. The first-order valence-corrected chi connectivity index (χ1v) is 15.9. The van der Waals surface area contributed by atoms with Crippen LogP contribution in [0.3, 0.4) is 0 Å². The molecule has 0 unspecified atom stereocenters. The molecular formula is C43H25N3O2. The van der Waals surface area contributed by atoms with Crippen LogP contribution in [-0.4, -0.2) is 14.4 Å². The van der Waals surface area contributed by atoms with Gasteiger partial charge < -0.3 is 4.42 Å². The molecule has 0 spiro atoms. The van der Waals surface area contributed by atoms with Crippen molar-refractivity contribution in [1.29, 1.82) is 0 Å². The van der Waals surface area contributed by atoms with Crippen molar-refractivity contribution in [2.45, 2.75) is 0 Å². The Hall–Kier alpha value is -6.59. The number of fused-ring (bicyclic) bond motifs is 10. The molecule has 5 heteroatoms. The van der Waals surface area contributed by atoms with Crippen molar-refractivity contribution < 1.29 is 4.42 Å². The van der Waals surface area contributed by atoms with Crippen molar-refractivity contribution in [2.24, 2.45) is 0 Å². The number of aromatic nitrogens is 3. The highest BCUT2D eigenvalue weighted by Gasteiger charge is 2.16. The Bertz CT molecular complexity index is 2940. The summed E-state index contributed by atoms with van der Waals surface area (Å²) in [6.07, 6.45) is 1.82. The molecule has 5 nitrogen and oxygen atoms in total. The van der Waals surface area contributed by atoms with Crippen molar-refractivity contribution in [2.75, 3.05) is 0 Å². The molecule has 0 saturated carbocycles. The van der Waals surface area contributed by atoms with Crippen LogP contribution in [0.15, 0.2) is 161 Å². The summed E-state index contributed by atoms with van der Waals surface area (Å²) in [5.74, 6) is 0.415. The van der Waals surface area contributed by atoms with E-state index in [1.54, 1.807) is 0 Å². The fourth-order valence-electron chi connectivity index (χ4n) is 7.22. The van der Waals surface area contributed by atoms with Crippen LogP contribution in [0.1, 0.15) is 0 Å². The van der Waals surface area contributed by atoms with Gasteiger partial charge in [-0.05, 0) is 91.0 Å². The van der Waals surface area contributed by atoms with E-state index < -0.39 is 0 Å². The summed E-state index contributed by atoms with van der Waals surface area (Å²) in [7, 11) is 0. The Morgan fingerprint density at radius 2 is 1.08 bits per heavy atom. The van der Waals surface area contributed by atoms with Gasteiger partial charge in [-0.15, -0.1) is 0 Å². The Morgan fingerprint density at radius 3 is 1.83 bits per heavy atom. The Balaban J connectivity index is 1.14. The van der Waals surface area contributed by atoms with E-state index in [0.717, 1.165) is 49.8 Å². The lowest BCUT2D eigenvalue weighted by Gasteiger charge is -2.12. The Kier molecular flexibility index (Phi) is 5.66. The highest BCUT2D eigenvalue weighted by Crippen LogP contribution is 2.40. The molecule has 0 atom stereocenters. The summed E-state index contributed by atoms with van der Waals surface area (Å²) in [6, 6.07) is 50.0. The molecule has 0 saturated heterocycles. The Labute approximate surface area is 274 Å². The van der Waals surface area contributed by atoms with Crippen LogP contribution in [0.4, 0.5) is 0 Å². The van der Waals surface area contributed by atoms with Gasteiger partial charge in [-0.2, -0.15) is 4.98 Å². The van der Waals surface area contributed by atoms with Crippen LogP contribution >= 0.6 is 0 Å². The maximum Gasteiger partial charge on any atom is 0.355 e. The minimum absolute atomic E-state index is 0.371. The topological polar surface area (TPSA) is 60.4 Å². The van der Waals surface area contributed by atoms with Crippen LogP contribution in [0.25, 0.3) is 93.5 Å². The fraction of sp³-hybridized carbons (Fsp3) is 0. The predicted octanol–water partition coefficient (Wildman–Crippen LogP) is 10.4. The van der Waals surface area contributed by atoms with Gasteiger partial charge in [0.1, 0.15) is 16.8 Å². The van der Waals surface area contributed by atoms with Gasteiger partial charge in [0.25, 0.3) is 0 Å². The number of furan rings is 1. The van der Waals surface area contributed by atoms with E-state index in [9.17, 15) is 4.79 Å². The van der Waals surface area contributed by atoms with Crippen LogP contribution in [-0.2, 0) is 0 Å². The molecule has 0 aliphatic carbocycles. The van der Waals surface area contributed by atoms with Gasteiger partial charge in [0, 0.05) is 22.5 Å². The summed E-state index contributed by atoms with van der Waals surface area (Å²) in [5.41, 5.74) is 6.68. The molecule has 0 bridgehead atoms. The standard InChI is InChI=1S/C43H25N3O2/c47-43-45-42(26-9-2-1-3-10-26)44-40-22-19-29(25-46(40)43)30-15-8-16-39-41(30)37-24-28(18-21-38(37)48-39)27-17-20-35-33-13-5-4-11-31(33)32-12-6-7-14-34(32)36(35)23-27/h1-25H. The maximum absolute atomic E-state index is 13.2. The zero-order valence-electron chi connectivity index (χ0n) is 25.6. The highest BCUT2D eigenvalue weighted by atomic mass is 16.3. The second kappa shape index (κ2) is 10.2. The summed E-state index contributed by atoms with van der Waals surface area (Å²) >= 11 is 0. The minimum atomic E-state index is -0.371. The van der Waals surface area contributed by atoms with Crippen LogP contribution in [0.2, 0.25) is 0 Å². The first kappa shape index (κ1) is 26.6. The molecule has 7 aromatic carbocycles. The van der Waals surface area contributed by atoms with E-state index in [0.29, 0.717) is 11.5 Å². The molecular weight excluding hydrogens is 590 g/mol. The van der Waals surface area contributed by atoms with E-state index in [1.807, 2.05) is 60.8 Å². The minimum Gasteiger partial charge on any atom is -0.456 e. The van der Waals surface area contributed by atoms with E-state index >= 15 is 0 Å². The normalized spacial score (nSPS) is 11.8. The van der Waals surface area contributed by atoms with Gasteiger partial charge in [0.15, 0.2) is 5.82 Å². The van der Waals surface area contributed by atoms with Crippen LogP contribution in [0, 0.1) is 0 Å². The summed E-state index contributed by atoms with van der Waals surface area (Å²) in [5, 5.41) is 9.54. The summed E-state index contributed by atoms with van der Waals surface area (Å²) in [4.78, 5) is 22.2. The molecule has 0 N–H and O–H groups in total. The number of nitrogens with zero attached hydrogens (tertiary/aromatic N) is 3. The van der Waals surface area contributed by atoms with Gasteiger partial charge in [0.05, 0.1) is 0 Å². The van der Waals surface area contributed by atoms with Crippen molar-refractivity contribution in [1.82, 2.24) is 14.4 Å². The number of rotatable bonds is 3. The monoisotopic (exact) mass is 615 g/mol. The molecule has 10 rings (SSSR count). The van der Waals surface area contributed by atoms with Crippen molar-refractivity contribution in [3.63, 3.8) is 0 Å². The van der Waals surface area contributed by atoms with Gasteiger partial charge in [0.2, 0.25) is 0 Å². The van der Waals surface area contributed by atoms with Crippen LogP contribution in [0.5, 0.6) is 0 Å². The number of pyridine rings is 1. The summed E-state index contributed by atoms with van der Waals surface area (Å²) in [6.45, 7) is 0. The number of hydrogen-bond acceptors (Lipinski definition) is 4. The number of hydrogen-bond donors (Lipinski definition) is 0. The third-order valence-electron chi connectivity index (χ3n) is 9.47. The van der Waals surface area contributed by atoms with E-state index in [4.69, 9.17) is 4.42 Å². The second-order valence-corrected chi connectivity index (χ2v) is 12.2. The molecule has 0 radical (unpaired) electrons. The smallest absolute Gasteiger partial charge is 0.355 e. The van der Waals surface area contributed by atoms with Gasteiger partial charge in [-0.3, -0.25) is 4.40 Å². The van der Waals surface area contributed by atoms with Crippen LogP contribution < -0.4 is 5.69 Å². The average Bonchev–Trinajstić information content (AvgIpc) is 3.53. The molecule has 224 valence electrons. The lowest BCUT2D eigenvalue weighted by Crippen LogP contribution is -2.19. The average molecular weight is 616 g/mol. The maximum atomic E-state index is 13.2. The second-order valence-electron chi connectivity index (χ2n) is 12.2. The van der Waals surface area contributed by atoms with Crippen molar-refractivity contribution >= 4 is 59.9 Å². The third-order valence-corrected chi connectivity index (χ3v) is 9.47. The first-order chi connectivity index (χ1) is 23.7. The SMILES string of the molecule is O=c1nc(-c2ccccc2)nc2ccc(-c3cccc4oc5ccc(-c6ccc7c8ccccc8c8ccccc8c7c6)cc5c34)cn12. The predicted molar refractivity (Wildman–Crippen MR) is 195 cm³/mol. The first-order valence-electron chi connectivity index (χ1n) is 15.9. The van der Waals surface area contributed by atoms with Crippen molar-refractivity contribution in [3.8, 4) is 33.6 Å². The lowest BCUT2D eigenvalue weighted by atomic mass is 9.91.